The highest BCUT2D eigenvalue weighted by Crippen LogP contribution is 2.48. The lowest BCUT2D eigenvalue weighted by Gasteiger charge is -2.47. The van der Waals surface area contributed by atoms with E-state index >= 15 is 0 Å². The van der Waals surface area contributed by atoms with Gasteiger partial charge >= 0.3 is 45.0 Å². The molecule has 18 unspecified atom stereocenters. The molecule has 11 aliphatic rings. The average molecular weight is 941 g/mol. The first kappa shape index (κ1) is 44.1. The van der Waals surface area contributed by atoms with Crippen LogP contribution >= 0.6 is 0 Å². The van der Waals surface area contributed by atoms with Crippen molar-refractivity contribution < 1.29 is 57.5 Å². The molecule has 18 heteroatoms. The standard InChI is InChI=1S/C43H76O13Si5/c1-44-59(45-2,21-16-31-6-11-36-41(26-31)49-36)55-60(46-3,22-17-32-7-12-37-42(27-32)50-37)56-61(23-18-33-8-13-38-43(28-33)51-38)53-57(19-14-29-4-9-34-39(24-29)47-34)52-58(54-61)20-15-30-5-10-35-40(25-30)48-35/h29-43,57-58H,4-28H2,1-3H3. The lowest BCUT2D eigenvalue weighted by molar-refractivity contribution is 0.0758. The van der Waals surface area contributed by atoms with Crippen LogP contribution in [0.5, 0.6) is 0 Å². The highest BCUT2D eigenvalue weighted by Gasteiger charge is 2.62. The molecule has 0 aromatic heterocycles. The number of fused-ring (bicyclic) bond motifs is 5. The predicted molar refractivity (Wildman–Crippen MR) is 235 cm³/mol. The summed E-state index contributed by atoms with van der Waals surface area (Å²) >= 11 is 0. The average Bonchev–Trinajstić information content (AvgIpc) is 4.06. The molecular weight excluding hydrogens is 865 g/mol. The summed E-state index contributed by atoms with van der Waals surface area (Å²) in [6, 6.07) is 4.16. The number of rotatable bonds is 22. The fourth-order valence-corrected chi connectivity index (χ4v) is 35.8. The Kier molecular flexibility index (Phi) is 13.4. The van der Waals surface area contributed by atoms with Crippen LogP contribution in [-0.2, 0) is 57.5 Å². The maximum Gasteiger partial charge on any atom is 0.493 e. The van der Waals surface area contributed by atoms with Crippen LogP contribution in [0.25, 0.3) is 0 Å². The van der Waals surface area contributed by atoms with E-state index < -0.39 is 45.0 Å². The van der Waals surface area contributed by atoms with Crippen LogP contribution in [0.3, 0.4) is 0 Å². The highest BCUT2D eigenvalue weighted by molar-refractivity contribution is 6.86. The summed E-state index contributed by atoms with van der Waals surface area (Å²) in [7, 11) is -9.27. The van der Waals surface area contributed by atoms with Gasteiger partial charge in [0.25, 0.3) is 0 Å². The van der Waals surface area contributed by atoms with Crippen molar-refractivity contribution >= 4 is 45.0 Å². The normalized spacial score (nSPS) is 47.8. The molecule has 0 radical (unpaired) electrons. The van der Waals surface area contributed by atoms with E-state index in [1.807, 2.05) is 7.11 Å². The van der Waals surface area contributed by atoms with Gasteiger partial charge in [-0.05, 0) is 170 Å². The van der Waals surface area contributed by atoms with Crippen LogP contribution in [0.15, 0.2) is 0 Å². The van der Waals surface area contributed by atoms with E-state index in [0.717, 1.165) is 94.8 Å². The zero-order valence-corrected chi connectivity index (χ0v) is 42.6. The summed E-state index contributed by atoms with van der Waals surface area (Å²) < 4.78 is 87.3. The van der Waals surface area contributed by atoms with Gasteiger partial charge in [-0.25, -0.2) is 0 Å². The van der Waals surface area contributed by atoms with Gasteiger partial charge in [0, 0.05) is 39.5 Å². The van der Waals surface area contributed by atoms with E-state index in [1.54, 1.807) is 14.2 Å². The lowest BCUT2D eigenvalue weighted by Crippen LogP contribution is -2.68. The van der Waals surface area contributed by atoms with Crippen molar-refractivity contribution in [3.05, 3.63) is 0 Å². The van der Waals surface area contributed by atoms with E-state index in [2.05, 4.69) is 0 Å². The van der Waals surface area contributed by atoms with Crippen molar-refractivity contribution in [2.75, 3.05) is 21.3 Å². The van der Waals surface area contributed by atoms with Gasteiger partial charge in [0.05, 0.1) is 61.0 Å². The highest BCUT2D eigenvalue weighted by atomic mass is 28.5. The molecule has 0 bridgehead atoms. The van der Waals surface area contributed by atoms with Crippen molar-refractivity contribution in [1.29, 1.82) is 0 Å². The number of epoxide rings is 5. The quantitative estimate of drug-likeness (QED) is 0.0810. The number of hydrogen-bond acceptors (Lipinski definition) is 13. The van der Waals surface area contributed by atoms with Crippen molar-refractivity contribution in [3.63, 3.8) is 0 Å². The fourth-order valence-electron chi connectivity index (χ4n) is 13.0. The van der Waals surface area contributed by atoms with Gasteiger partial charge in [-0.15, -0.1) is 0 Å². The van der Waals surface area contributed by atoms with Crippen molar-refractivity contribution in [3.8, 4) is 0 Å². The van der Waals surface area contributed by atoms with Crippen LogP contribution in [0, 0.1) is 29.6 Å². The Morgan fingerprint density at radius 1 is 0.443 bits per heavy atom. The first-order valence-electron chi connectivity index (χ1n) is 25.1. The summed E-state index contributed by atoms with van der Waals surface area (Å²) in [6.45, 7) is 0. The third-order valence-electron chi connectivity index (χ3n) is 17.2. The molecule has 11 fully saturated rings. The van der Waals surface area contributed by atoms with Crippen LogP contribution in [0.2, 0.25) is 30.2 Å². The second-order valence-electron chi connectivity index (χ2n) is 21.3. The Bertz CT molecular complexity index is 1460. The van der Waals surface area contributed by atoms with Crippen LogP contribution < -0.4 is 0 Å². The molecular formula is C43H76O13Si5. The molecule has 6 saturated heterocycles. The molecule has 0 aromatic carbocycles. The zero-order valence-electron chi connectivity index (χ0n) is 37.3. The predicted octanol–water partition coefficient (Wildman–Crippen LogP) is 7.07. The summed E-state index contributed by atoms with van der Waals surface area (Å²) in [5.74, 6) is 3.02. The molecule has 18 atom stereocenters. The van der Waals surface area contributed by atoms with Crippen LogP contribution in [0.1, 0.15) is 128 Å². The molecule has 0 N–H and O–H groups in total. The Hall–Kier alpha value is 0.564. The van der Waals surface area contributed by atoms with E-state index in [1.165, 1.54) is 57.8 Å². The van der Waals surface area contributed by atoms with E-state index in [-0.39, 0.29) is 0 Å². The molecule has 5 aliphatic carbocycles. The van der Waals surface area contributed by atoms with E-state index in [4.69, 9.17) is 57.5 Å². The minimum absolute atomic E-state index is 0.408. The van der Waals surface area contributed by atoms with Gasteiger partial charge < -0.3 is 57.5 Å². The van der Waals surface area contributed by atoms with Crippen molar-refractivity contribution in [2.45, 2.75) is 220 Å². The molecule has 346 valence electrons. The monoisotopic (exact) mass is 940 g/mol. The Labute approximate surface area is 371 Å². The smallest absolute Gasteiger partial charge is 0.420 e. The largest absolute Gasteiger partial charge is 0.493 e. The first-order chi connectivity index (χ1) is 29.8. The van der Waals surface area contributed by atoms with Gasteiger partial charge in [-0.2, -0.15) is 0 Å². The number of hydrogen-bond donors (Lipinski definition) is 0. The Balaban J connectivity index is 0.868. The maximum atomic E-state index is 7.87. The van der Waals surface area contributed by atoms with Gasteiger partial charge in [-0.3, -0.25) is 0 Å². The SMILES string of the molecule is CO[Si](CCC1CCC2OC2C1)(OC)O[Si](CCC1CCC2OC2C1)(OC)O[Si]1(CCC2CCC3OC3C2)O[SiH](CCC2CCC3OC3C2)O[SiH](CCC2CCC3OC3C2)O1. The number of ether oxygens (including phenoxy) is 5. The third-order valence-corrected chi connectivity index (χ3v) is 35.8. The van der Waals surface area contributed by atoms with Gasteiger partial charge in [0.1, 0.15) is 0 Å². The molecule has 0 spiro atoms. The summed E-state index contributed by atoms with van der Waals surface area (Å²) in [5.41, 5.74) is 0. The van der Waals surface area contributed by atoms with E-state index in [9.17, 15) is 0 Å². The fraction of sp³-hybridized carbons (Fsp3) is 1.00. The molecule has 6 heterocycles. The Morgan fingerprint density at radius 2 is 0.803 bits per heavy atom. The second-order valence-corrected chi connectivity index (χ2v) is 35.6. The molecule has 5 saturated carbocycles. The minimum atomic E-state index is -3.57. The first-order valence-corrected chi connectivity index (χ1v) is 34.4. The lowest BCUT2D eigenvalue weighted by atomic mass is 9.88. The maximum absolute atomic E-state index is 7.87. The second kappa shape index (κ2) is 18.6. The van der Waals surface area contributed by atoms with Crippen molar-refractivity contribution in [2.24, 2.45) is 29.6 Å². The zero-order chi connectivity index (χ0) is 41.2. The summed E-state index contributed by atoms with van der Waals surface area (Å²) in [4.78, 5) is 0. The Morgan fingerprint density at radius 3 is 1.18 bits per heavy atom. The molecule has 0 amide bonds. The molecule has 13 nitrogen and oxygen atoms in total. The van der Waals surface area contributed by atoms with E-state index in [0.29, 0.717) is 96.7 Å². The molecule has 6 aliphatic heterocycles. The summed E-state index contributed by atoms with van der Waals surface area (Å²) in [6.07, 6.45) is 27.4. The van der Waals surface area contributed by atoms with Gasteiger partial charge in [0.15, 0.2) is 0 Å². The van der Waals surface area contributed by atoms with Gasteiger partial charge in [-0.1, -0.05) is 0 Å². The molecule has 11 rings (SSSR count). The molecule has 61 heavy (non-hydrogen) atoms. The third kappa shape index (κ3) is 10.8. The minimum Gasteiger partial charge on any atom is -0.420 e. The molecule has 0 aromatic rings. The topological polar surface area (TPSA) is 136 Å². The van der Waals surface area contributed by atoms with Gasteiger partial charge in [0.2, 0.25) is 0 Å². The van der Waals surface area contributed by atoms with Crippen molar-refractivity contribution in [1.82, 2.24) is 0 Å². The summed E-state index contributed by atoms with van der Waals surface area (Å²) in [5, 5.41) is 0. The van der Waals surface area contributed by atoms with Crippen LogP contribution in [0.4, 0.5) is 0 Å². The van der Waals surface area contributed by atoms with Crippen LogP contribution in [-0.4, -0.2) is 127 Å².